The van der Waals surface area contributed by atoms with Crippen LogP contribution in [0.15, 0.2) is 30.3 Å². The molecule has 0 bridgehead atoms. The Morgan fingerprint density at radius 2 is 1.53 bits per heavy atom. The molecule has 1 aromatic carbocycles. The second kappa shape index (κ2) is 12.7. The lowest BCUT2D eigenvalue weighted by Crippen LogP contribution is -2.54. The van der Waals surface area contributed by atoms with Crippen LogP contribution in [0.2, 0.25) is 0 Å². The Morgan fingerprint density at radius 1 is 0.917 bits per heavy atom. The van der Waals surface area contributed by atoms with Crippen LogP contribution in [0.1, 0.15) is 79.2 Å². The Morgan fingerprint density at radius 3 is 2.14 bits per heavy atom. The Labute approximate surface area is 213 Å². The Balaban J connectivity index is 2.08. The molecule has 0 saturated heterocycles. The number of rotatable bonds is 8. The average molecular weight is 505 g/mol. The summed E-state index contributed by atoms with van der Waals surface area (Å²) < 4.78 is 16.1. The van der Waals surface area contributed by atoms with E-state index >= 15 is 0 Å². The summed E-state index contributed by atoms with van der Waals surface area (Å²) in [6.45, 7) is 10.4. The van der Waals surface area contributed by atoms with Gasteiger partial charge in [-0.2, -0.15) is 0 Å². The molecule has 0 unspecified atom stereocenters. The van der Waals surface area contributed by atoms with Crippen molar-refractivity contribution >= 4 is 23.9 Å². The number of hydrogen-bond donors (Lipinski definition) is 2. The second-order valence-electron chi connectivity index (χ2n) is 11.1. The lowest BCUT2D eigenvalue weighted by atomic mass is 9.84. The predicted octanol–water partition coefficient (Wildman–Crippen LogP) is 4.03. The van der Waals surface area contributed by atoms with E-state index in [4.69, 9.17) is 14.2 Å². The van der Waals surface area contributed by atoms with Gasteiger partial charge < -0.3 is 24.8 Å². The Bertz CT molecular complexity index is 873. The van der Waals surface area contributed by atoms with Crippen LogP contribution in [0.25, 0.3) is 0 Å². The highest BCUT2D eigenvalue weighted by Crippen LogP contribution is 2.26. The SMILES string of the molecule is CC(C)(C)OC(=O)C[C@@H](NC(=O)OC(C)(C)C)C(=O)N[C@H]1CCCC[C@@H]1C(=O)OCc1ccccc1. The summed E-state index contributed by atoms with van der Waals surface area (Å²) in [5.74, 6) is -2.12. The van der Waals surface area contributed by atoms with Gasteiger partial charge in [-0.15, -0.1) is 0 Å². The number of carbonyl (C=O) groups excluding carboxylic acids is 4. The monoisotopic (exact) mass is 504 g/mol. The van der Waals surface area contributed by atoms with Gasteiger partial charge in [0.15, 0.2) is 0 Å². The fourth-order valence-electron chi connectivity index (χ4n) is 3.91. The Hall–Kier alpha value is -3.10. The van der Waals surface area contributed by atoms with Crippen molar-refractivity contribution in [1.82, 2.24) is 10.6 Å². The molecule has 3 atom stereocenters. The minimum absolute atomic E-state index is 0.151. The highest BCUT2D eigenvalue weighted by Gasteiger charge is 2.36. The number of ether oxygens (including phenoxy) is 3. The van der Waals surface area contributed by atoms with Gasteiger partial charge in [0.05, 0.1) is 12.3 Å². The van der Waals surface area contributed by atoms with E-state index in [-0.39, 0.29) is 19.0 Å². The normalized spacial score (nSPS) is 18.9. The first-order chi connectivity index (χ1) is 16.7. The van der Waals surface area contributed by atoms with Crippen LogP contribution in [0.3, 0.4) is 0 Å². The molecule has 9 nitrogen and oxygen atoms in total. The number of amides is 2. The van der Waals surface area contributed by atoms with Crippen molar-refractivity contribution in [1.29, 1.82) is 0 Å². The van der Waals surface area contributed by atoms with E-state index in [9.17, 15) is 19.2 Å². The molecule has 1 fully saturated rings. The van der Waals surface area contributed by atoms with Crippen LogP contribution >= 0.6 is 0 Å². The van der Waals surface area contributed by atoms with Crippen molar-refractivity contribution in [3.63, 3.8) is 0 Å². The number of carbonyl (C=O) groups is 4. The third-order valence-electron chi connectivity index (χ3n) is 5.42. The van der Waals surface area contributed by atoms with Crippen LogP contribution in [-0.2, 0) is 35.2 Å². The van der Waals surface area contributed by atoms with E-state index < -0.39 is 47.2 Å². The molecular weight excluding hydrogens is 464 g/mol. The smallest absolute Gasteiger partial charge is 0.408 e. The van der Waals surface area contributed by atoms with Gasteiger partial charge in [0.2, 0.25) is 5.91 Å². The summed E-state index contributed by atoms with van der Waals surface area (Å²) >= 11 is 0. The van der Waals surface area contributed by atoms with Gasteiger partial charge in [-0.25, -0.2) is 4.79 Å². The molecule has 0 aromatic heterocycles. The third kappa shape index (κ3) is 10.7. The maximum absolute atomic E-state index is 13.2. The number of hydrogen-bond acceptors (Lipinski definition) is 7. The van der Waals surface area contributed by atoms with E-state index in [0.717, 1.165) is 18.4 Å². The zero-order valence-electron chi connectivity index (χ0n) is 22.2. The minimum Gasteiger partial charge on any atom is -0.461 e. The van der Waals surface area contributed by atoms with Crippen molar-refractivity contribution in [2.75, 3.05) is 0 Å². The summed E-state index contributed by atoms with van der Waals surface area (Å²) in [6, 6.07) is 7.67. The van der Waals surface area contributed by atoms with Crippen LogP contribution < -0.4 is 10.6 Å². The van der Waals surface area contributed by atoms with Crippen LogP contribution in [0.4, 0.5) is 4.79 Å². The molecule has 200 valence electrons. The molecule has 1 saturated carbocycles. The first kappa shape index (κ1) is 29.1. The Kier molecular flexibility index (Phi) is 10.3. The molecule has 0 radical (unpaired) electrons. The molecule has 2 N–H and O–H groups in total. The van der Waals surface area contributed by atoms with Crippen LogP contribution in [-0.4, -0.2) is 47.2 Å². The molecule has 1 aliphatic rings. The van der Waals surface area contributed by atoms with Gasteiger partial charge in [0.25, 0.3) is 0 Å². The van der Waals surface area contributed by atoms with E-state index in [0.29, 0.717) is 12.8 Å². The van der Waals surface area contributed by atoms with Crippen molar-refractivity contribution in [3.8, 4) is 0 Å². The fourth-order valence-corrected chi connectivity index (χ4v) is 3.91. The summed E-state index contributed by atoms with van der Waals surface area (Å²) in [7, 11) is 0. The second-order valence-corrected chi connectivity index (χ2v) is 11.1. The molecule has 36 heavy (non-hydrogen) atoms. The molecule has 0 spiro atoms. The lowest BCUT2D eigenvalue weighted by Gasteiger charge is -2.32. The first-order valence-electron chi connectivity index (χ1n) is 12.5. The van der Waals surface area contributed by atoms with Gasteiger partial charge in [-0.05, 0) is 59.9 Å². The number of nitrogens with one attached hydrogen (secondary N) is 2. The molecule has 1 aromatic rings. The van der Waals surface area contributed by atoms with Crippen LogP contribution in [0.5, 0.6) is 0 Å². The maximum Gasteiger partial charge on any atom is 0.408 e. The highest BCUT2D eigenvalue weighted by atomic mass is 16.6. The number of esters is 2. The summed E-state index contributed by atoms with van der Waals surface area (Å²) in [4.78, 5) is 50.9. The molecule has 1 aliphatic carbocycles. The molecule has 2 rings (SSSR count). The van der Waals surface area contributed by atoms with Crippen molar-refractivity contribution in [3.05, 3.63) is 35.9 Å². The summed E-state index contributed by atoms with van der Waals surface area (Å²) in [6.07, 6.45) is 1.64. The van der Waals surface area contributed by atoms with Crippen molar-refractivity contribution in [2.24, 2.45) is 5.92 Å². The molecule has 0 heterocycles. The van der Waals surface area contributed by atoms with Crippen LogP contribution in [0, 0.1) is 5.92 Å². The van der Waals surface area contributed by atoms with Gasteiger partial charge >= 0.3 is 18.0 Å². The van der Waals surface area contributed by atoms with Gasteiger partial charge in [-0.1, -0.05) is 43.2 Å². The summed E-state index contributed by atoms with van der Waals surface area (Å²) in [5, 5.41) is 5.35. The fraction of sp³-hybridized carbons (Fsp3) is 0.630. The largest absolute Gasteiger partial charge is 0.461 e. The molecule has 9 heteroatoms. The van der Waals surface area contributed by atoms with E-state index in [1.165, 1.54) is 0 Å². The maximum atomic E-state index is 13.2. The minimum atomic E-state index is -1.22. The van der Waals surface area contributed by atoms with Gasteiger partial charge in [0.1, 0.15) is 23.9 Å². The number of alkyl carbamates (subject to hydrolysis) is 1. The van der Waals surface area contributed by atoms with E-state index in [1.807, 2.05) is 30.3 Å². The zero-order chi connectivity index (χ0) is 26.9. The lowest BCUT2D eigenvalue weighted by molar-refractivity contribution is -0.157. The molecule has 2 amide bonds. The molecular formula is C27H40N2O7. The van der Waals surface area contributed by atoms with Gasteiger partial charge in [-0.3, -0.25) is 14.4 Å². The third-order valence-corrected chi connectivity index (χ3v) is 5.42. The van der Waals surface area contributed by atoms with Crippen molar-refractivity contribution in [2.45, 2.75) is 104 Å². The zero-order valence-corrected chi connectivity index (χ0v) is 22.2. The van der Waals surface area contributed by atoms with E-state index in [1.54, 1.807) is 41.5 Å². The first-order valence-corrected chi connectivity index (χ1v) is 12.5. The highest BCUT2D eigenvalue weighted by molar-refractivity contribution is 5.90. The standard InChI is InChI=1S/C27H40N2O7/c1-26(2,3)35-22(30)16-21(29-25(33)36-27(4,5)6)23(31)28-20-15-11-10-14-19(20)24(32)34-17-18-12-8-7-9-13-18/h7-9,12-13,19-21H,10-11,14-17H2,1-6H3,(H,28,31)(H,29,33)/t19-,20-,21+/m0/s1. The predicted molar refractivity (Wildman–Crippen MR) is 134 cm³/mol. The van der Waals surface area contributed by atoms with E-state index in [2.05, 4.69) is 10.6 Å². The topological polar surface area (TPSA) is 120 Å². The summed E-state index contributed by atoms with van der Waals surface area (Å²) in [5.41, 5.74) is -0.657. The average Bonchev–Trinajstić information content (AvgIpc) is 2.75. The molecule has 0 aliphatic heterocycles. The van der Waals surface area contributed by atoms with Gasteiger partial charge in [0, 0.05) is 6.04 Å². The quantitative estimate of drug-likeness (QED) is 0.405. The van der Waals surface area contributed by atoms with Crippen molar-refractivity contribution < 1.29 is 33.4 Å². The number of benzene rings is 1.